The van der Waals surface area contributed by atoms with Crippen molar-refractivity contribution in [3.63, 3.8) is 0 Å². The lowest BCUT2D eigenvalue weighted by Crippen LogP contribution is -2.05. The molecule has 102 valence electrons. The summed E-state index contributed by atoms with van der Waals surface area (Å²) in [6.45, 7) is 1.94. The van der Waals surface area contributed by atoms with Crippen LogP contribution < -0.4 is 10.5 Å². The summed E-state index contributed by atoms with van der Waals surface area (Å²) in [6.07, 6.45) is 0.412. The quantitative estimate of drug-likeness (QED) is 0.907. The largest absolute Gasteiger partial charge is 0.457 e. The van der Waals surface area contributed by atoms with Crippen LogP contribution >= 0.6 is 15.9 Å². The monoisotopic (exact) mass is 330 g/mol. The molecule has 0 saturated heterocycles. The van der Waals surface area contributed by atoms with Gasteiger partial charge in [0.05, 0.1) is 12.5 Å². The number of hydrogen-bond donors (Lipinski definition) is 1. The SMILES string of the molecule is CC(N)c1ccc(Oc2ccc(CC#N)cc2)cc1Br. The number of hydrogen-bond acceptors (Lipinski definition) is 3. The van der Waals surface area contributed by atoms with Crippen molar-refractivity contribution < 1.29 is 4.74 Å². The molecule has 2 N–H and O–H groups in total. The molecular formula is C16H15BrN2O. The van der Waals surface area contributed by atoms with Crippen LogP contribution in [0.1, 0.15) is 24.1 Å². The van der Waals surface area contributed by atoms with Gasteiger partial charge in [0.15, 0.2) is 0 Å². The zero-order valence-electron chi connectivity index (χ0n) is 11.1. The van der Waals surface area contributed by atoms with E-state index in [1.165, 1.54) is 0 Å². The van der Waals surface area contributed by atoms with Crippen molar-refractivity contribution in [2.24, 2.45) is 5.73 Å². The molecule has 0 aliphatic carbocycles. The standard InChI is InChI=1S/C16H15BrN2O/c1-11(19)15-7-6-14(10-16(15)17)20-13-4-2-12(3-5-13)8-9-18/h2-7,10-11H,8,19H2,1H3. The highest BCUT2D eigenvalue weighted by atomic mass is 79.9. The van der Waals surface area contributed by atoms with Gasteiger partial charge in [0.1, 0.15) is 11.5 Å². The summed E-state index contributed by atoms with van der Waals surface area (Å²) < 4.78 is 6.71. The average Bonchev–Trinajstić information content (AvgIpc) is 2.41. The van der Waals surface area contributed by atoms with Crippen LogP contribution in [0.15, 0.2) is 46.9 Å². The first-order valence-corrected chi connectivity index (χ1v) is 7.08. The number of nitrogens with zero attached hydrogens (tertiary/aromatic N) is 1. The number of ether oxygens (including phenoxy) is 1. The first kappa shape index (κ1) is 14.6. The summed E-state index contributed by atoms with van der Waals surface area (Å²) in [7, 11) is 0. The second kappa shape index (κ2) is 6.56. The molecule has 0 aromatic heterocycles. The van der Waals surface area contributed by atoms with E-state index >= 15 is 0 Å². The molecule has 0 saturated carbocycles. The van der Waals surface area contributed by atoms with E-state index in [-0.39, 0.29) is 6.04 Å². The molecule has 0 heterocycles. The Morgan fingerprint density at radius 2 is 1.85 bits per heavy atom. The van der Waals surface area contributed by atoms with Gasteiger partial charge in [-0.2, -0.15) is 5.26 Å². The molecular weight excluding hydrogens is 316 g/mol. The third kappa shape index (κ3) is 3.60. The van der Waals surface area contributed by atoms with Gasteiger partial charge in [-0.25, -0.2) is 0 Å². The van der Waals surface area contributed by atoms with E-state index < -0.39 is 0 Å². The third-order valence-corrected chi connectivity index (χ3v) is 3.59. The van der Waals surface area contributed by atoms with Crippen LogP contribution in [-0.4, -0.2) is 0 Å². The van der Waals surface area contributed by atoms with Gasteiger partial charge in [-0.1, -0.05) is 34.1 Å². The Labute approximate surface area is 127 Å². The van der Waals surface area contributed by atoms with Crippen molar-refractivity contribution in [3.8, 4) is 17.6 Å². The predicted molar refractivity (Wildman–Crippen MR) is 82.6 cm³/mol. The van der Waals surface area contributed by atoms with Gasteiger partial charge in [0.2, 0.25) is 0 Å². The van der Waals surface area contributed by atoms with Crippen molar-refractivity contribution >= 4 is 15.9 Å². The molecule has 0 aliphatic heterocycles. The Hall–Kier alpha value is -1.83. The van der Waals surface area contributed by atoms with Crippen LogP contribution in [0.5, 0.6) is 11.5 Å². The molecule has 4 heteroatoms. The topological polar surface area (TPSA) is 59.0 Å². The zero-order chi connectivity index (χ0) is 14.5. The number of nitrogens with two attached hydrogens (primary N) is 1. The van der Waals surface area contributed by atoms with Crippen molar-refractivity contribution in [1.29, 1.82) is 5.26 Å². The maximum Gasteiger partial charge on any atom is 0.128 e. The highest BCUT2D eigenvalue weighted by molar-refractivity contribution is 9.10. The van der Waals surface area contributed by atoms with E-state index in [1.807, 2.05) is 49.4 Å². The van der Waals surface area contributed by atoms with Gasteiger partial charge in [-0.3, -0.25) is 0 Å². The van der Waals surface area contributed by atoms with Crippen molar-refractivity contribution in [2.45, 2.75) is 19.4 Å². The van der Waals surface area contributed by atoms with E-state index in [2.05, 4.69) is 22.0 Å². The summed E-state index contributed by atoms with van der Waals surface area (Å²) in [6, 6.07) is 15.4. The minimum atomic E-state index is -0.0244. The number of halogens is 1. The second-order valence-electron chi connectivity index (χ2n) is 4.55. The fraction of sp³-hybridized carbons (Fsp3) is 0.188. The molecule has 1 atom stereocenters. The Bertz CT molecular complexity index is 630. The van der Waals surface area contributed by atoms with E-state index in [1.54, 1.807) is 0 Å². The van der Waals surface area contributed by atoms with Crippen LogP contribution in [0.25, 0.3) is 0 Å². The van der Waals surface area contributed by atoms with Crippen molar-refractivity contribution in [3.05, 3.63) is 58.1 Å². The van der Waals surface area contributed by atoms with Gasteiger partial charge in [-0.05, 0) is 42.3 Å². The lowest BCUT2D eigenvalue weighted by atomic mass is 10.1. The number of nitriles is 1. The average molecular weight is 331 g/mol. The molecule has 1 unspecified atom stereocenters. The Kier molecular flexibility index (Phi) is 4.78. The fourth-order valence-corrected chi connectivity index (χ4v) is 2.56. The highest BCUT2D eigenvalue weighted by Crippen LogP contribution is 2.29. The third-order valence-electron chi connectivity index (χ3n) is 2.90. The number of rotatable bonds is 4. The molecule has 0 fully saturated rings. The maximum atomic E-state index is 8.63. The van der Waals surface area contributed by atoms with E-state index in [0.717, 1.165) is 27.1 Å². The lowest BCUT2D eigenvalue weighted by molar-refractivity contribution is 0.481. The van der Waals surface area contributed by atoms with Crippen LogP contribution in [0, 0.1) is 11.3 Å². The van der Waals surface area contributed by atoms with E-state index in [4.69, 9.17) is 15.7 Å². The van der Waals surface area contributed by atoms with Gasteiger partial charge in [0, 0.05) is 10.5 Å². The lowest BCUT2D eigenvalue weighted by Gasteiger charge is -2.11. The van der Waals surface area contributed by atoms with E-state index in [9.17, 15) is 0 Å². The fourth-order valence-electron chi connectivity index (χ4n) is 1.84. The molecule has 3 nitrogen and oxygen atoms in total. The summed E-state index contributed by atoms with van der Waals surface area (Å²) in [5.41, 5.74) is 7.89. The first-order chi connectivity index (χ1) is 9.60. The van der Waals surface area contributed by atoms with E-state index in [0.29, 0.717) is 6.42 Å². The normalized spacial score (nSPS) is 11.7. The molecule has 0 amide bonds. The Morgan fingerprint density at radius 3 is 2.40 bits per heavy atom. The minimum Gasteiger partial charge on any atom is -0.457 e. The Balaban J connectivity index is 2.14. The minimum absolute atomic E-state index is 0.0244. The van der Waals surface area contributed by atoms with Gasteiger partial charge < -0.3 is 10.5 Å². The predicted octanol–water partition coefficient (Wildman–Crippen LogP) is 4.33. The first-order valence-electron chi connectivity index (χ1n) is 6.29. The number of benzene rings is 2. The summed E-state index contributed by atoms with van der Waals surface area (Å²) in [5.74, 6) is 1.49. The smallest absolute Gasteiger partial charge is 0.128 e. The van der Waals surface area contributed by atoms with Crippen LogP contribution in [0.2, 0.25) is 0 Å². The molecule has 0 aliphatic rings. The van der Waals surface area contributed by atoms with Gasteiger partial charge in [0.25, 0.3) is 0 Å². The van der Waals surface area contributed by atoms with Crippen molar-refractivity contribution in [1.82, 2.24) is 0 Å². The highest BCUT2D eigenvalue weighted by Gasteiger charge is 2.06. The molecule has 2 aromatic carbocycles. The molecule has 2 aromatic rings. The summed E-state index contributed by atoms with van der Waals surface area (Å²) in [5, 5.41) is 8.63. The van der Waals surface area contributed by atoms with Crippen LogP contribution in [-0.2, 0) is 6.42 Å². The van der Waals surface area contributed by atoms with Crippen LogP contribution in [0.4, 0.5) is 0 Å². The maximum absolute atomic E-state index is 8.63. The van der Waals surface area contributed by atoms with Crippen molar-refractivity contribution in [2.75, 3.05) is 0 Å². The van der Waals surface area contributed by atoms with Crippen LogP contribution in [0.3, 0.4) is 0 Å². The molecule has 20 heavy (non-hydrogen) atoms. The molecule has 0 spiro atoms. The summed E-state index contributed by atoms with van der Waals surface area (Å²) in [4.78, 5) is 0. The van der Waals surface area contributed by atoms with Gasteiger partial charge in [-0.15, -0.1) is 0 Å². The van der Waals surface area contributed by atoms with Gasteiger partial charge >= 0.3 is 0 Å². The second-order valence-corrected chi connectivity index (χ2v) is 5.41. The Morgan fingerprint density at radius 1 is 1.20 bits per heavy atom. The zero-order valence-corrected chi connectivity index (χ0v) is 12.7. The summed E-state index contributed by atoms with van der Waals surface area (Å²) >= 11 is 3.50. The molecule has 0 radical (unpaired) electrons. The molecule has 2 rings (SSSR count). The molecule has 0 bridgehead atoms.